The highest BCUT2D eigenvalue weighted by Gasteiger charge is 2.20. The Morgan fingerprint density at radius 1 is 1.11 bits per heavy atom. The number of nitrogens with one attached hydrogen (secondary N) is 1. The van der Waals surface area contributed by atoms with Gasteiger partial charge in [-0.2, -0.15) is 0 Å². The Morgan fingerprint density at radius 3 is 2.67 bits per heavy atom. The minimum absolute atomic E-state index is 0.181. The smallest absolute Gasteiger partial charge is 0.123 e. The molecular formula is C16H16FN. The summed E-state index contributed by atoms with van der Waals surface area (Å²) in [5.74, 6) is -0.181. The first-order chi connectivity index (χ1) is 8.74. The molecule has 1 unspecified atom stereocenters. The van der Waals surface area contributed by atoms with E-state index in [-0.39, 0.29) is 11.9 Å². The van der Waals surface area contributed by atoms with E-state index >= 15 is 0 Å². The van der Waals surface area contributed by atoms with Gasteiger partial charge in [0.2, 0.25) is 0 Å². The summed E-state index contributed by atoms with van der Waals surface area (Å²) in [5.41, 5.74) is 5.12. The molecule has 0 amide bonds. The van der Waals surface area contributed by atoms with Crippen molar-refractivity contribution in [2.75, 3.05) is 6.54 Å². The van der Waals surface area contributed by atoms with Gasteiger partial charge in [0.05, 0.1) is 6.04 Å². The Kier molecular flexibility index (Phi) is 2.88. The second-order valence-electron chi connectivity index (χ2n) is 4.89. The van der Waals surface area contributed by atoms with E-state index < -0.39 is 0 Å². The molecule has 1 aliphatic rings. The molecular weight excluding hydrogens is 225 g/mol. The highest BCUT2D eigenvalue weighted by molar-refractivity contribution is 5.41. The molecule has 18 heavy (non-hydrogen) atoms. The summed E-state index contributed by atoms with van der Waals surface area (Å²) in [4.78, 5) is 0. The second kappa shape index (κ2) is 4.54. The van der Waals surface area contributed by atoms with Crippen LogP contribution in [0.5, 0.6) is 0 Å². The number of aryl methyl sites for hydroxylation is 1. The van der Waals surface area contributed by atoms with E-state index in [0.29, 0.717) is 0 Å². The van der Waals surface area contributed by atoms with E-state index in [4.69, 9.17) is 0 Å². The van der Waals surface area contributed by atoms with Crippen molar-refractivity contribution < 1.29 is 4.39 Å². The summed E-state index contributed by atoms with van der Waals surface area (Å²) in [6, 6.07) is 13.6. The third-order valence-corrected chi connectivity index (χ3v) is 3.56. The van der Waals surface area contributed by atoms with Crippen LogP contribution in [0.1, 0.15) is 28.3 Å². The molecule has 0 fully saturated rings. The van der Waals surface area contributed by atoms with Crippen LogP contribution in [0.2, 0.25) is 0 Å². The van der Waals surface area contributed by atoms with Crippen LogP contribution >= 0.6 is 0 Å². The maximum absolute atomic E-state index is 13.0. The zero-order valence-electron chi connectivity index (χ0n) is 10.4. The number of benzene rings is 2. The molecule has 0 saturated carbocycles. The van der Waals surface area contributed by atoms with Gasteiger partial charge < -0.3 is 5.32 Å². The largest absolute Gasteiger partial charge is 0.306 e. The third kappa shape index (κ3) is 2.04. The molecule has 1 N–H and O–H groups in total. The number of fused-ring (bicyclic) bond motifs is 1. The predicted molar refractivity (Wildman–Crippen MR) is 71.1 cm³/mol. The van der Waals surface area contributed by atoms with Crippen LogP contribution in [-0.4, -0.2) is 6.54 Å². The monoisotopic (exact) mass is 241 g/mol. The van der Waals surface area contributed by atoms with Crippen molar-refractivity contribution in [1.29, 1.82) is 0 Å². The van der Waals surface area contributed by atoms with Gasteiger partial charge in [0.25, 0.3) is 0 Å². The van der Waals surface area contributed by atoms with Crippen molar-refractivity contribution in [3.8, 4) is 0 Å². The average molecular weight is 241 g/mol. The molecule has 1 atom stereocenters. The highest BCUT2D eigenvalue weighted by atomic mass is 19.1. The summed E-state index contributed by atoms with van der Waals surface area (Å²) in [7, 11) is 0. The summed E-state index contributed by atoms with van der Waals surface area (Å²) in [6.45, 7) is 3.08. The maximum Gasteiger partial charge on any atom is 0.123 e. The summed E-state index contributed by atoms with van der Waals surface area (Å²) in [6.07, 6.45) is 1.06. The number of halogens is 1. The summed E-state index contributed by atoms with van der Waals surface area (Å²) in [5, 5.41) is 3.52. The molecule has 0 spiro atoms. The molecule has 0 saturated heterocycles. The molecule has 92 valence electrons. The molecule has 0 bridgehead atoms. The summed E-state index contributed by atoms with van der Waals surface area (Å²) >= 11 is 0. The second-order valence-corrected chi connectivity index (χ2v) is 4.89. The molecule has 1 aliphatic heterocycles. The standard InChI is InChI=1S/C16H16FN/c1-11-2-3-12-8-9-18-16(15(12)10-11)13-4-6-14(17)7-5-13/h2-7,10,16,18H,8-9H2,1H3. The molecule has 0 aromatic heterocycles. The predicted octanol–water partition coefficient (Wildman–Crippen LogP) is 3.37. The van der Waals surface area contributed by atoms with Crippen molar-refractivity contribution in [3.63, 3.8) is 0 Å². The van der Waals surface area contributed by atoms with E-state index in [1.54, 1.807) is 0 Å². The van der Waals surface area contributed by atoms with Gasteiger partial charge in [-0.1, -0.05) is 35.9 Å². The van der Waals surface area contributed by atoms with Crippen LogP contribution in [0, 0.1) is 12.7 Å². The first-order valence-electron chi connectivity index (χ1n) is 6.32. The van der Waals surface area contributed by atoms with Crippen LogP contribution in [0.3, 0.4) is 0 Å². The normalized spacial score (nSPS) is 18.4. The summed E-state index contributed by atoms with van der Waals surface area (Å²) < 4.78 is 13.0. The van der Waals surface area contributed by atoms with Crippen LogP contribution in [-0.2, 0) is 6.42 Å². The molecule has 2 aromatic rings. The van der Waals surface area contributed by atoms with Crippen LogP contribution in [0.25, 0.3) is 0 Å². The lowest BCUT2D eigenvalue weighted by molar-refractivity contribution is 0.565. The molecule has 1 heterocycles. The Hall–Kier alpha value is -1.67. The average Bonchev–Trinajstić information content (AvgIpc) is 2.39. The van der Waals surface area contributed by atoms with Crippen LogP contribution < -0.4 is 5.32 Å². The fourth-order valence-electron chi connectivity index (χ4n) is 2.62. The van der Waals surface area contributed by atoms with Gasteiger partial charge in [0.1, 0.15) is 5.82 Å². The first-order valence-corrected chi connectivity index (χ1v) is 6.32. The minimum atomic E-state index is -0.181. The SMILES string of the molecule is Cc1ccc2c(c1)C(c1ccc(F)cc1)NCC2. The van der Waals surface area contributed by atoms with Gasteiger partial charge in [-0.25, -0.2) is 4.39 Å². The van der Waals surface area contributed by atoms with Crippen molar-refractivity contribution >= 4 is 0 Å². The van der Waals surface area contributed by atoms with Crippen molar-refractivity contribution in [3.05, 3.63) is 70.5 Å². The van der Waals surface area contributed by atoms with Gasteiger partial charge in [-0.15, -0.1) is 0 Å². The van der Waals surface area contributed by atoms with Crippen molar-refractivity contribution in [1.82, 2.24) is 5.32 Å². The number of hydrogen-bond donors (Lipinski definition) is 1. The Balaban J connectivity index is 2.05. The quantitative estimate of drug-likeness (QED) is 0.807. The van der Waals surface area contributed by atoms with Gasteiger partial charge >= 0.3 is 0 Å². The van der Waals surface area contributed by atoms with Gasteiger partial charge in [-0.05, 0) is 42.2 Å². The number of rotatable bonds is 1. The Bertz CT molecular complexity index is 560. The topological polar surface area (TPSA) is 12.0 Å². The van der Waals surface area contributed by atoms with E-state index in [0.717, 1.165) is 18.5 Å². The van der Waals surface area contributed by atoms with E-state index in [2.05, 4.69) is 30.4 Å². The molecule has 0 aliphatic carbocycles. The molecule has 3 rings (SSSR count). The molecule has 2 heteroatoms. The Morgan fingerprint density at radius 2 is 1.89 bits per heavy atom. The van der Waals surface area contributed by atoms with E-state index in [9.17, 15) is 4.39 Å². The van der Waals surface area contributed by atoms with Crippen molar-refractivity contribution in [2.45, 2.75) is 19.4 Å². The fourth-order valence-corrected chi connectivity index (χ4v) is 2.62. The van der Waals surface area contributed by atoms with Gasteiger partial charge in [0, 0.05) is 6.54 Å². The van der Waals surface area contributed by atoms with Crippen LogP contribution in [0.4, 0.5) is 4.39 Å². The lowest BCUT2D eigenvalue weighted by Gasteiger charge is -2.27. The number of hydrogen-bond acceptors (Lipinski definition) is 1. The first kappa shape index (κ1) is 11.4. The van der Waals surface area contributed by atoms with Crippen molar-refractivity contribution in [2.24, 2.45) is 0 Å². The third-order valence-electron chi connectivity index (χ3n) is 3.56. The molecule has 1 nitrogen and oxygen atoms in total. The van der Waals surface area contributed by atoms with E-state index in [1.807, 2.05) is 12.1 Å². The Labute approximate surface area is 107 Å². The molecule has 0 radical (unpaired) electrons. The van der Waals surface area contributed by atoms with E-state index in [1.165, 1.54) is 28.8 Å². The molecule has 2 aromatic carbocycles. The zero-order chi connectivity index (χ0) is 12.5. The van der Waals surface area contributed by atoms with Crippen LogP contribution in [0.15, 0.2) is 42.5 Å². The van der Waals surface area contributed by atoms with Gasteiger partial charge in [-0.3, -0.25) is 0 Å². The zero-order valence-corrected chi connectivity index (χ0v) is 10.4. The fraction of sp³-hybridized carbons (Fsp3) is 0.250. The lowest BCUT2D eigenvalue weighted by Crippen LogP contribution is -2.30. The minimum Gasteiger partial charge on any atom is -0.306 e. The maximum atomic E-state index is 13.0. The lowest BCUT2D eigenvalue weighted by atomic mass is 9.89. The highest BCUT2D eigenvalue weighted by Crippen LogP contribution is 2.29. The van der Waals surface area contributed by atoms with Gasteiger partial charge in [0.15, 0.2) is 0 Å².